The summed E-state index contributed by atoms with van der Waals surface area (Å²) in [5, 5.41) is 0.523. The van der Waals surface area contributed by atoms with Crippen LogP contribution in [0.5, 0.6) is 0 Å². The van der Waals surface area contributed by atoms with Crippen LogP contribution < -0.4 is 5.30 Å². The molecule has 30 heavy (non-hydrogen) atoms. The lowest BCUT2D eigenvalue weighted by atomic mass is 9.89. The molecule has 0 aliphatic rings. The number of ketones is 1. The molecule has 3 rings (SSSR count). The van der Waals surface area contributed by atoms with Crippen LogP contribution in [0.2, 0.25) is 0 Å². The van der Waals surface area contributed by atoms with E-state index in [9.17, 15) is 14.2 Å². The monoisotopic (exact) mass is 418 g/mol. The second-order valence-electron chi connectivity index (χ2n) is 7.87. The second kappa shape index (κ2) is 8.53. The van der Waals surface area contributed by atoms with Gasteiger partial charge in [0, 0.05) is 22.0 Å². The van der Waals surface area contributed by atoms with Crippen LogP contribution >= 0.6 is 7.80 Å². The van der Waals surface area contributed by atoms with Gasteiger partial charge in [0.1, 0.15) is 0 Å². The van der Waals surface area contributed by atoms with Crippen molar-refractivity contribution in [2.45, 2.75) is 41.5 Å². The van der Waals surface area contributed by atoms with Gasteiger partial charge < -0.3 is 4.57 Å². The van der Waals surface area contributed by atoms with Crippen LogP contribution in [0.3, 0.4) is 0 Å². The lowest BCUT2D eigenvalue weighted by Crippen LogP contribution is -2.20. The summed E-state index contributed by atoms with van der Waals surface area (Å²) in [5.74, 6) is -0.107. The molecule has 1 atom stereocenters. The summed E-state index contributed by atoms with van der Waals surface area (Å²) >= 11 is 0. The summed E-state index contributed by atoms with van der Waals surface area (Å²) in [6.07, 6.45) is 0. The van der Waals surface area contributed by atoms with Crippen LogP contribution in [-0.4, -0.2) is 11.3 Å². The first-order valence-electron chi connectivity index (χ1n) is 10.0. The van der Waals surface area contributed by atoms with E-state index in [1.807, 2.05) is 77.9 Å². The Morgan fingerprint density at radius 1 is 0.633 bits per heavy atom. The molecule has 1 unspecified atom stereocenters. The number of hydrogen-bond donors (Lipinski definition) is 0. The van der Waals surface area contributed by atoms with Crippen LogP contribution in [0.25, 0.3) is 0 Å². The highest BCUT2D eigenvalue weighted by Gasteiger charge is 2.28. The minimum absolute atomic E-state index is 0.107. The van der Waals surface area contributed by atoms with Crippen molar-refractivity contribution in [3.63, 3.8) is 0 Å². The molecule has 4 heteroatoms. The predicted octanol–water partition coefficient (Wildman–Crippen LogP) is 5.79. The van der Waals surface area contributed by atoms with Gasteiger partial charge in [-0.25, -0.2) is 0 Å². The highest BCUT2D eigenvalue weighted by atomic mass is 31.1. The Morgan fingerprint density at radius 3 is 1.77 bits per heavy atom. The number of hydrogen-bond acceptors (Lipinski definition) is 3. The third kappa shape index (κ3) is 3.70. The van der Waals surface area contributed by atoms with Crippen LogP contribution in [0, 0.1) is 41.5 Å². The lowest BCUT2D eigenvalue weighted by molar-refractivity contribution is 0.103. The van der Waals surface area contributed by atoms with Crippen molar-refractivity contribution in [3.05, 3.63) is 98.6 Å². The smallest absolute Gasteiger partial charge is 0.223 e. The minimum atomic E-state index is -2.82. The molecular formula is C26H27O3P. The lowest BCUT2D eigenvalue weighted by Gasteiger charge is -2.20. The number of carbonyl (C=O) groups excluding carboxylic acids is 2. The van der Waals surface area contributed by atoms with Gasteiger partial charge in [0.2, 0.25) is 5.52 Å². The molecule has 0 heterocycles. The molecule has 0 aliphatic heterocycles. The number of aryl methyl sites for hydroxylation is 2. The Kier molecular flexibility index (Phi) is 6.24. The molecule has 0 amide bonds. The van der Waals surface area contributed by atoms with E-state index in [2.05, 4.69) is 0 Å². The molecule has 3 aromatic rings. The second-order valence-corrected chi connectivity index (χ2v) is 9.48. The van der Waals surface area contributed by atoms with Crippen molar-refractivity contribution in [2.75, 3.05) is 0 Å². The molecule has 154 valence electrons. The number of benzene rings is 3. The van der Waals surface area contributed by atoms with E-state index >= 15 is 0 Å². The maximum absolute atomic E-state index is 13.6. The maximum Gasteiger partial charge on any atom is 0.223 e. The average molecular weight is 418 g/mol. The Balaban J connectivity index is 2.21. The molecule has 0 radical (unpaired) electrons. The highest BCUT2D eigenvalue weighted by Crippen LogP contribution is 2.35. The van der Waals surface area contributed by atoms with Crippen LogP contribution in [0.1, 0.15) is 59.7 Å². The predicted molar refractivity (Wildman–Crippen MR) is 124 cm³/mol. The summed E-state index contributed by atoms with van der Waals surface area (Å²) in [5.41, 5.74) is 6.20. The van der Waals surface area contributed by atoms with E-state index in [1.54, 1.807) is 12.1 Å². The molecule has 3 nitrogen and oxygen atoms in total. The normalized spacial score (nSPS) is 11.9. The van der Waals surface area contributed by atoms with Crippen molar-refractivity contribution >= 4 is 24.4 Å². The van der Waals surface area contributed by atoms with E-state index in [-0.39, 0.29) is 11.3 Å². The SMILES string of the molecule is Cc1cccc(C)c1C(=O)[PH](=O)c1c(C)c(C)c(C)c(C(=O)c2ccccc2)c1C. The largest absolute Gasteiger partial charge is 0.313 e. The van der Waals surface area contributed by atoms with E-state index in [0.717, 1.165) is 27.8 Å². The van der Waals surface area contributed by atoms with Gasteiger partial charge in [0.25, 0.3) is 0 Å². The molecule has 0 saturated carbocycles. The molecule has 0 spiro atoms. The quantitative estimate of drug-likeness (QED) is 0.389. The fourth-order valence-corrected chi connectivity index (χ4v) is 6.00. The first kappa shape index (κ1) is 21.9. The molecular weight excluding hydrogens is 391 g/mol. The molecule has 0 aliphatic carbocycles. The van der Waals surface area contributed by atoms with Gasteiger partial charge >= 0.3 is 0 Å². The zero-order valence-electron chi connectivity index (χ0n) is 18.3. The maximum atomic E-state index is 13.6. The van der Waals surface area contributed by atoms with Crippen LogP contribution in [0.4, 0.5) is 0 Å². The molecule has 0 N–H and O–H groups in total. The van der Waals surface area contributed by atoms with Crippen molar-refractivity contribution in [1.29, 1.82) is 0 Å². The van der Waals surface area contributed by atoms with E-state index < -0.39 is 7.80 Å². The molecule has 3 aromatic carbocycles. The van der Waals surface area contributed by atoms with Gasteiger partial charge in [0.15, 0.2) is 13.6 Å². The van der Waals surface area contributed by atoms with Crippen LogP contribution in [0.15, 0.2) is 48.5 Å². The van der Waals surface area contributed by atoms with Crippen molar-refractivity contribution in [1.82, 2.24) is 0 Å². The van der Waals surface area contributed by atoms with Gasteiger partial charge in [-0.15, -0.1) is 0 Å². The Bertz CT molecular complexity index is 1170. The fraction of sp³-hybridized carbons (Fsp3) is 0.231. The summed E-state index contributed by atoms with van der Waals surface area (Å²) in [6.45, 7) is 11.3. The average Bonchev–Trinajstić information content (AvgIpc) is 2.72. The summed E-state index contributed by atoms with van der Waals surface area (Å²) in [6, 6.07) is 14.7. The minimum Gasteiger partial charge on any atom is -0.313 e. The van der Waals surface area contributed by atoms with Crippen molar-refractivity contribution < 1.29 is 14.2 Å². The zero-order valence-corrected chi connectivity index (χ0v) is 19.3. The van der Waals surface area contributed by atoms with E-state index in [1.165, 1.54) is 0 Å². The molecule has 0 fully saturated rings. The molecule has 0 bridgehead atoms. The summed E-state index contributed by atoms with van der Waals surface area (Å²) in [4.78, 5) is 26.6. The first-order valence-corrected chi connectivity index (χ1v) is 11.4. The Labute approximate surface area is 178 Å². The Hall–Kier alpha value is -2.77. The van der Waals surface area contributed by atoms with Gasteiger partial charge in [-0.1, -0.05) is 48.5 Å². The van der Waals surface area contributed by atoms with E-state index in [4.69, 9.17) is 0 Å². The molecule has 0 saturated heterocycles. The topological polar surface area (TPSA) is 51.2 Å². The highest BCUT2D eigenvalue weighted by molar-refractivity contribution is 7.71. The van der Waals surface area contributed by atoms with E-state index in [0.29, 0.717) is 27.6 Å². The van der Waals surface area contributed by atoms with Crippen molar-refractivity contribution in [2.24, 2.45) is 0 Å². The zero-order chi connectivity index (χ0) is 22.2. The standard InChI is InChI=1S/C26H27O3P/c1-15-11-10-12-16(2)22(15)26(28)30(29)25-19(5)17(3)18(4)23(20(25)6)24(27)21-13-8-7-9-14-21/h7-14,30H,1-6H3. The van der Waals surface area contributed by atoms with Gasteiger partial charge in [-0.3, -0.25) is 9.59 Å². The fourth-order valence-electron chi connectivity index (χ4n) is 4.16. The van der Waals surface area contributed by atoms with Gasteiger partial charge in [-0.2, -0.15) is 0 Å². The summed E-state index contributed by atoms with van der Waals surface area (Å²) < 4.78 is 13.6. The number of carbonyl (C=O) groups is 2. The summed E-state index contributed by atoms with van der Waals surface area (Å²) in [7, 11) is -2.82. The molecule has 0 aromatic heterocycles. The van der Waals surface area contributed by atoms with Crippen molar-refractivity contribution in [3.8, 4) is 0 Å². The first-order chi connectivity index (χ1) is 14.2. The third-order valence-electron chi connectivity index (χ3n) is 6.03. The van der Waals surface area contributed by atoms with Crippen LogP contribution in [-0.2, 0) is 4.57 Å². The number of rotatable bonds is 5. The third-order valence-corrected chi connectivity index (χ3v) is 7.90. The Morgan fingerprint density at radius 2 is 1.20 bits per heavy atom. The van der Waals surface area contributed by atoms with Gasteiger partial charge in [0.05, 0.1) is 0 Å². The van der Waals surface area contributed by atoms with Gasteiger partial charge in [-0.05, 0) is 74.9 Å².